The van der Waals surface area contributed by atoms with Gasteiger partial charge in [-0.15, -0.1) is 4.89 Å². The Morgan fingerprint density at radius 2 is 1.76 bits per heavy atom. The zero-order chi connectivity index (χ0) is 12.8. The summed E-state index contributed by atoms with van der Waals surface area (Å²) in [5.41, 5.74) is 0.713. The molecule has 3 nitrogen and oxygen atoms in total. The maximum Gasteiger partial charge on any atom is 0.381 e. The Morgan fingerprint density at radius 3 is 2.24 bits per heavy atom. The number of carbonyl (C=O) groups excluding carboxylic acids is 1. The molecule has 0 N–H and O–H groups in total. The first-order chi connectivity index (χ1) is 8.02. The summed E-state index contributed by atoms with van der Waals surface area (Å²) in [5.74, 6) is -1.51. The number of halogens is 2. The van der Waals surface area contributed by atoms with Gasteiger partial charge in [-0.25, -0.2) is 4.79 Å². The zero-order valence-corrected chi connectivity index (χ0v) is 9.60. The van der Waals surface area contributed by atoms with Crippen molar-refractivity contribution in [1.82, 2.24) is 0 Å². The van der Waals surface area contributed by atoms with Crippen molar-refractivity contribution >= 4 is 5.97 Å². The van der Waals surface area contributed by atoms with Gasteiger partial charge in [0.2, 0.25) is 0 Å². The van der Waals surface area contributed by atoms with Crippen LogP contribution >= 0.6 is 0 Å². The van der Waals surface area contributed by atoms with E-state index >= 15 is 0 Å². The standard InChI is InChI=1S/C12H14F2O3/c1-8(2)10(9-6-4-3-5-7-9)11(15)16-17-12(13)14/h3-8,10,12H,1-2H3. The molecule has 0 bridgehead atoms. The SMILES string of the molecule is CC(C)C(C(=O)OOC(F)F)c1ccccc1. The normalized spacial score (nSPS) is 12.8. The Balaban J connectivity index is 2.76. The average Bonchev–Trinajstić information content (AvgIpc) is 2.27. The molecular weight excluding hydrogens is 230 g/mol. The van der Waals surface area contributed by atoms with Gasteiger partial charge in [-0.2, -0.15) is 8.78 Å². The van der Waals surface area contributed by atoms with Crippen LogP contribution in [0.15, 0.2) is 30.3 Å². The molecule has 1 rings (SSSR count). The summed E-state index contributed by atoms with van der Waals surface area (Å²) in [7, 11) is 0. The molecule has 0 amide bonds. The van der Waals surface area contributed by atoms with Gasteiger partial charge >= 0.3 is 12.6 Å². The van der Waals surface area contributed by atoms with Crippen LogP contribution in [0.5, 0.6) is 0 Å². The maximum absolute atomic E-state index is 11.8. The van der Waals surface area contributed by atoms with E-state index in [1.165, 1.54) is 0 Å². The van der Waals surface area contributed by atoms with E-state index in [0.717, 1.165) is 0 Å². The minimum Gasteiger partial charge on any atom is -0.292 e. The monoisotopic (exact) mass is 244 g/mol. The summed E-state index contributed by atoms with van der Waals surface area (Å²) in [4.78, 5) is 19.3. The molecule has 17 heavy (non-hydrogen) atoms. The minimum absolute atomic E-state index is 0.0776. The van der Waals surface area contributed by atoms with Gasteiger partial charge in [0.25, 0.3) is 0 Å². The lowest BCUT2D eigenvalue weighted by Gasteiger charge is -2.18. The van der Waals surface area contributed by atoms with Crippen molar-refractivity contribution < 1.29 is 23.4 Å². The molecule has 0 spiro atoms. The molecule has 0 aliphatic rings. The van der Waals surface area contributed by atoms with Crippen LogP contribution in [0.25, 0.3) is 0 Å². The second-order valence-corrected chi connectivity index (χ2v) is 3.89. The number of hydrogen-bond donors (Lipinski definition) is 0. The molecule has 94 valence electrons. The van der Waals surface area contributed by atoms with E-state index in [-0.39, 0.29) is 5.92 Å². The predicted molar refractivity (Wildman–Crippen MR) is 57.2 cm³/mol. The third kappa shape index (κ3) is 4.11. The summed E-state index contributed by atoms with van der Waals surface area (Å²) in [6.45, 7) is 0.491. The van der Waals surface area contributed by atoms with Crippen molar-refractivity contribution in [2.75, 3.05) is 0 Å². The van der Waals surface area contributed by atoms with Gasteiger partial charge in [-0.05, 0) is 11.5 Å². The Kier molecular flexibility index (Phi) is 5.03. The van der Waals surface area contributed by atoms with E-state index in [0.29, 0.717) is 5.56 Å². The summed E-state index contributed by atoms with van der Waals surface area (Å²) < 4.78 is 23.5. The van der Waals surface area contributed by atoms with Gasteiger partial charge in [-0.1, -0.05) is 44.2 Å². The quantitative estimate of drug-likeness (QED) is 0.589. The Labute approximate surface area is 98.3 Å². The number of rotatable bonds is 5. The third-order valence-electron chi connectivity index (χ3n) is 2.28. The second kappa shape index (κ2) is 6.30. The minimum atomic E-state index is -3.12. The van der Waals surface area contributed by atoms with Crippen molar-refractivity contribution in [3.05, 3.63) is 35.9 Å². The average molecular weight is 244 g/mol. The highest BCUT2D eigenvalue weighted by Gasteiger charge is 2.27. The molecule has 0 saturated carbocycles. The van der Waals surface area contributed by atoms with Crippen molar-refractivity contribution in [3.63, 3.8) is 0 Å². The Hall–Kier alpha value is -1.49. The fourth-order valence-electron chi connectivity index (χ4n) is 1.59. The molecule has 5 heteroatoms. The molecule has 1 unspecified atom stereocenters. The summed E-state index contributed by atoms with van der Waals surface area (Å²) in [5, 5.41) is 0. The summed E-state index contributed by atoms with van der Waals surface area (Å²) in [6.07, 6.45) is 0. The van der Waals surface area contributed by atoms with E-state index < -0.39 is 18.5 Å². The molecule has 0 saturated heterocycles. The predicted octanol–water partition coefficient (Wildman–Crippen LogP) is 3.12. The summed E-state index contributed by atoms with van der Waals surface area (Å²) in [6, 6.07) is 8.84. The number of benzene rings is 1. The van der Waals surface area contributed by atoms with Crippen LogP contribution in [-0.2, 0) is 14.6 Å². The van der Waals surface area contributed by atoms with Gasteiger partial charge in [0.05, 0.1) is 5.92 Å². The molecule has 0 heterocycles. The molecule has 0 aliphatic carbocycles. The van der Waals surface area contributed by atoms with Gasteiger partial charge in [0, 0.05) is 0 Å². The van der Waals surface area contributed by atoms with E-state index in [1.54, 1.807) is 38.1 Å². The molecular formula is C12H14F2O3. The van der Waals surface area contributed by atoms with Crippen molar-refractivity contribution in [2.24, 2.45) is 5.92 Å². The van der Waals surface area contributed by atoms with E-state index in [4.69, 9.17) is 0 Å². The van der Waals surface area contributed by atoms with Crippen molar-refractivity contribution in [3.8, 4) is 0 Å². The number of carbonyl (C=O) groups is 1. The fourth-order valence-corrected chi connectivity index (χ4v) is 1.59. The number of alkyl halides is 2. The highest BCUT2D eigenvalue weighted by molar-refractivity contribution is 5.77. The van der Waals surface area contributed by atoms with Crippen LogP contribution in [-0.4, -0.2) is 12.6 Å². The third-order valence-corrected chi connectivity index (χ3v) is 2.28. The van der Waals surface area contributed by atoms with Crippen molar-refractivity contribution in [2.45, 2.75) is 26.4 Å². The molecule has 0 radical (unpaired) electrons. The second-order valence-electron chi connectivity index (χ2n) is 3.89. The Bertz CT molecular complexity index is 352. The zero-order valence-electron chi connectivity index (χ0n) is 9.60. The van der Waals surface area contributed by atoms with E-state index in [9.17, 15) is 13.6 Å². The fraction of sp³-hybridized carbons (Fsp3) is 0.417. The van der Waals surface area contributed by atoms with E-state index in [1.807, 2.05) is 6.07 Å². The maximum atomic E-state index is 11.8. The molecule has 0 fully saturated rings. The first-order valence-electron chi connectivity index (χ1n) is 5.22. The van der Waals surface area contributed by atoms with Gasteiger partial charge in [-0.3, -0.25) is 4.89 Å². The van der Waals surface area contributed by atoms with Crippen LogP contribution < -0.4 is 0 Å². The molecule has 0 aromatic heterocycles. The van der Waals surface area contributed by atoms with Crippen LogP contribution in [0.1, 0.15) is 25.3 Å². The smallest absolute Gasteiger partial charge is 0.292 e. The Morgan fingerprint density at radius 1 is 1.18 bits per heavy atom. The molecule has 1 aromatic rings. The largest absolute Gasteiger partial charge is 0.381 e. The van der Waals surface area contributed by atoms with Crippen LogP contribution in [0, 0.1) is 5.92 Å². The number of hydrogen-bond acceptors (Lipinski definition) is 3. The molecule has 0 aliphatic heterocycles. The van der Waals surface area contributed by atoms with Crippen LogP contribution in [0.2, 0.25) is 0 Å². The van der Waals surface area contributed by atoms with Crippen LogP contribution in [0.3, 0.4) is 0 Å². The lowest BCUT2D eigenvalue weighted by Crippen LogP contribution is -2.22. The van der Waals surface area contributed by atoms with Crippen LogP contribution in [0.4, 0.5) is 8.78 Å². The van der Waals surface area contributed by atoms with Gasteiger partial charge in [0.1, 0.15) is 0 Å². The lowest BCUT2D eigenvalue weighted by molar-refractivity contribution is -0.357. The first-order valence-corrected chi connectivity index (χ1v) is 5.22. The van der Waals surface area contributed by atoms with Gasteiger partial charge < -0.3 is 0 Å². The molecule has 1 aromatic carbocycles. The highest BCUT2D eigenvalue weighted by atomic mass is 19.3. The van der Waals surface area contributed by atoms with Gasteiger partial charge in [0.15, 0.2) is 0 Å². The molecule has 1 atom stereocenters. The summed E-state index contributed by atoms with van der Waals surface area (Å²) >= 11 is 0. The highest BCUT2D eigenvalue weighted by Crippen LogP contribution is 2.25. The van der Waals surface area contributed by atoms with E-state index in [2.05, 4.69) is 9.78 Å². The van der Waals surface area contributed by atoms with Crippen molar-refractivity contribution in [1.29, 1.82) is 0 Å². The lowest BCUT2D eigenvalue weighted by atomic mass is 9.89. The topological polar surface area (TPSA) is 35.5 Å². The first kappa shape index (κ1) is 13.6.